The lowest BCUT2D eigenvalue weighted by Crippen LogP contribution is -2.42. The molecular formula is C25H15ClF3N7O3. The molecule has 0 radical (unpaired) electrons. The van der Waals surface area contributed by atoms with Gasteiger partial charge in [0.05, 0.1) is 35.9 Å². The number of nitrogens with one attached hydrogen (secondary N) is 1. The normalized spacial score (nSPS) is 11.2. The molecule has 0 fully saturated rings. The first-order valence-electron chi connectivity index (χ1n) is 11.2. The van der Waals surface area contributed by atoms with Crippen LogP contribution in [0.1, 0.15) is 17.0 Å². The minimum absolute atomic E-state index is 0.0720. The first kappa shape index (κ1) is 25.7. The number of nitrogens with zero attached hydrogens (tertiary/aromatic N) is 6. The van der Waals surface area contributed by atoms with Crippen molar-refractivity contribution in [2.24, 2.45) is 7.05 Å². The number of rotatable bonds is 5. The van der Waals surface area contributed by atoms with Gasteiger partial charge in [0.15, 0.2) is 23.3 Å². The molecule has 0 atom stereocenters. The fourth-order valence-electron chi connectivity index (χ4n) is 4.15. The molecule has 0 spiro atoms. The lowest BCUT2D eigenvalue weighted by atomic mass is 10.1. The van der Waals surface area contributed by atoms with Gasteiger partial charge >= 0.3 is 5.69 Å². The minimum Gasteiger partial charge on any atom is -0.321 e. The third kappa shape index (κ3) is 4.62. The van der Waals surface area contributed by atoms with Gasteiger partial charge in [-0.05, 0) is 42.0 Å². The van der Waals surface area contributed by atoms with E-state index in [1.807, 2.05) is 6.07 Å². The van der Waals surface area contributed by atoms with E-state index in [4.69, 9.17) is 11.6 Å². The SMILES string of the molecule is Cn1cnc(Cn2c(=O)c3c(=O)[nH]c(-c4cc(C#N)ccc4Cl)cc3n(Cc3cc(F)c(F)c(F)c3)c2=O)n1. The van der Waals surface area contributed by atoms with Crippen molar-refractivity contribution in [2.45, 2.75) is 13.1 Å². The van der Waals surface area contributed by atoms with E-state index >= 15 is 0 Å². The maximum Gasteiger partial charge on any atom is 0.332 e. The molecule has 0 aliphatic rings. The van der Waals surface area contributed by atoms with Crippen LogP contribution in [0.3, 0.4) is 0 Å². The number of aromatic nitrogens is 6. The second kappa shape index (κ2) is 9.73. The summed E-state index contributed by atoms with van der Waals surface area (Å²) in [6.45, 7) is -0.938. The van der Waals surface area contributed by atoms with E-state index in [1.54, 1.807) is 7.05 Å². The van der Waals surface area contributed by atoms with E-state index in [-0.39, 0.29) is 38.7 Å². The number of pyridine rings is 1. The van der Waals surface area contributed by atoms with Crippen molar-refractivity contribution >= 4 is 22.5 Å². The van der Waals surface area contributed by atoms with Gasteiger partial charge in [-0.25, -0.2) is 22.9 Å². The quantitative estimate of drug-likeness (QED) is 0.333. The molecule has 39 heavy (non-hydrogen) atoms. The molecule has 5 aromatic rings. The summed E-state index contributed by atoms with van der Waals surface area (Å²) in [5, 5.41) is 13.0. The van der Waals surface area contributed by atoms with Gasteiger partial charge in [-0.1, -0.05) is 11.6 Å². The Balaban J connectivity index is 1.82. The summed E-state index contributed by atoms with van der Waals surface area (Å²) in [6, 6.07) is 8.95. The summed E-state index contributed by atoms with van der Waals surface area (Å²) in [7, 11) is 1.58. The molecule has 0 bridgehead atoms. The van der Waals surface area contributed by atoms with Gasteiger partial charge in [0.1, 0.15) is 11.7 Å². The number of nitriles is 1. The molecule has 1 N–H and O–H groups in total. The minimum atomic E-state index is -1.69. The highest BCUT2D eigenvalue weighted by Gasteiger charge is 2.21. The predicted molar refractivity (Wildman–Crippen MR) is 134 cm³/mol. The molecule has 10 nitrogen and oxygen atoms in total. The van der Waals surface area contributed by atoms with Gasteiger partial charge in [0.25, 0.3) is 11.1 Å². The van der Waals surface area contributed by atoms with E-state index in [1.165, 1.54) is 35.3 Å². The molecule has 3 heterocycles. The van der Waals surface area contributed by atoms with Crippen molar-refractivity contribution in [2.75, 3.05) is 0 Å². The van der Waals surface area contributed by atoms with E-state index in [2.05, 4.69) is 15.1 Å². The number of halogens is 4. The van der Waals surface area contributed by atoms with Crippen LogP contribution in [-0.2, 0) is 20.1 Å². The van der Waals surface area contributed by atoms with E-state index < -0.39 is 52.7 Å². The number of aromatic amines is 1. The number of hydrogen-bond acceptors (Lipinski definition) is 6. The second-order valence-corrected chi connectivity index (χ2v) is 8.95. The Labute approximate surface area is 220 Å². The summed E-state index contributed by atoms with van der Waals surface area (Å²) in [5.41, 5.74) is -2.60. The Hall–Kier alpha value is -4.96. The van der Waals surface area contributed by atoms with Crippen molar-refractivity contribution in [1.82, 2.24) is 28.9 Å². The zero-order valence-corrected chi connectivity index (χ0v) is 20.6. The van der Waals surface area contributed by atoms with Gasteiger partial charge in [-0.15, -0.1) is 0 Å². The number of fused-ring (bicyclic) bond motifs is 1. The van der Waals surface area contributed by atoms with E-state index in [0.717, 1.165) is 4.57 Å². The first-order valence-corrected chi connectivity index (χ1v) is 11.5. The standard InChI is InChI=1S/C25H15ClF3N7O3/c1-34-11-31-20(33-34)10-36-24(38)21-19(35(25(36)39)9-13-5-16(27)22(29)17(28)6-13)7-18(32-23(21)37)14-4-12(8-30)2-3-15(14)26/h2-7,11H,9-10H2,1H3,(H,32,37). The molecular weight excluding hydrogens is 539 g/mol. The Morgan fingerprint density at radius 1 is 1.03 bits per heavy atom. The molecule has 14 heteroatoms. The topological polar surface area (TPSA) is 131 Å². The Bertz CT molecular complexity index is 2000. The first-order chi connectivity index (χ1) is 18.6. The average molecular weight is 554 g/mol. The Kier molecular flexibility index (Phi) is 6.41. The van der Waals surface area contributed by atoms with E-state index in [9.17, 15) is 32.8 Å². The van der Waals surface area contributed by atoms with Crippen molar-refractivity contribution in [1.29, 1.82) is 5.26 Å². The Morgan fingerprint density at radius 3 is 2.38 bits per heavy atom. The second-order valence-electron chi connectivity index (χ2n) is 8.55. The molecule has 5 rings (SSSR count). The molecule has 0 saturated carbocycles. The maximum atomic E-state index is 14.0. The van der Waals surface area contributed by atoms with Gasteiger partial charge in [-0.3, -0.25) is 23.4 Å². The molecule has 0 unspecified atom stereocenters. The van der Waals surface area contributed by atoms with Crippen molar-refractivity contribution < 1.29 is 13.2 Å². The zero-order chi connectivity index (χ0) is 28.0. The molecule has 196 valence electrons. The van der Waals surface area contributed by atoms with E-state index in [0.29, 0.717) is 16.7 Å². The van der Waals surface area contributed by atoms with Crippen molar-refractivity contribution in [3.05, 3.63) is 113 Å². The highest BCUT2D eigenvalue weighted by atomic mass is 35.5. The van der Waals surface area contributed by atoms with Crippen molar-refractivity contribution in [3.8, 4) is 17.3 Å². The zero-order valence-electron chi connectivity index (χ0n) is 19.9. The van der Waals surface area contributed by atoms with Crippen LogP contribution in [0.5, 0.6) is 0 Å². The molecule has 0 aliphatic carbocycles. The highest BCUT2D eigenvalue weighted by molar-refractivity contribution is 6.33. The van der Waals surface area contributed by atoms with Crippen LogP contribution in [0, 0.1) is 28.8 Å². The van der Waals surface area contributed by atoms with Crippen LogP contribution in [0.25, 0.3) is 22.2 Å². The van der Waals surface area contributed by atoms with Gasteiger partial charge in [-0.2, -0.15) is 10.4 Å². The molecule has 3 aromatic heterocycles. The van der Waals surface area contributed by atoms with Crippen LogP contribution in [0.4, 0.5) is 13.2 Å². The lowest BCUT2D eigenvalue weighted by molar-refractivity contribution is 0.444. The molecule has 2 aromatic carbocycles. The average Bonchev–Trinajstić information content (AvgIpc) is 3.31. The monoisotopic (exact) mass is 553 g/mol. The van der Waals surface area contributed by atoms with Crippen LogP contribution < -0.4 is 16.8 Å². The third-order valence-corrected chi connectivity index (χ3v) is 6.27. The summed E-state index contributed by atoms with van der Waals surface area (Å²) in [4.78, 5) is 46.8. The number of benzene rings is 2. The van der Waals surface area contributed by atoms with Gasteiger partial charge in [0, 0.05) is 17.6 Å². The molecule has 0 aliphatic heterocycles. The highest BCUT2D eigenvalue weighted by Crippen LogP contribution is 2.28. The number of hydrogen-bond donors (Lipinski definition) is 1. The maximum absolute atomic E-state index is 14.0. The van der Waals surface area contributed by atoms with Gasteiger partial charge < -0.3 is 4.98 Å². The van der Waals surface area contributed by atoms with Crippen molar-refractivity contribution in [3.63, 3.8) is 0 Å². The predicted octanol–water partition coefficient (Wildman–Crippen LogP) is 2.69. The van der Waals surface area contributed by atoms with Crippen LogP contribution in [0.2, 0.25) is 5.02 Å². The Morgan fingerprint density at radius 2 is 1.74 bits per heavy atom. The summed E-state index contributed by atoms with van der Waals surface area (Å²) in [5.74, 6) is -4.55. The third-order valence-electron chi connectivity index (χ3n) is 5.94. The fourth-order valence-corrected chi connectivity index (χ4v) is 4.37. The van der Waals surface area contributed by atoms with Crippen LogP contribution in [0.15, 0.2) is 57.1 Å². The number of aryl methyl sites for hydroxylation is 1. The number of H-pyrrole nitrogens is 1. The summed E-state index contributed by atoms with van der Waals surface area (Å²) < 4.78 is 44.6. The lowest BCUT2D eigenvalue weighted by Gasteiger charge is -2.15. The van der Waals surface area contributed by atoms with Crippen LogP contribution in [-0.4, -0.2) is 28.9 Å². The van der Waals surface area contributed by atoms with Gasteiger partial charge in [0.2, 0.25) is 0 Å². The summed E-state index contributed by atoms with van der Waals surface area (Å²) >= 11 is 6.29. The summed E-state index contributed by atoms with van der Waals surface area (Å²) in [6.07, 6.45) is 1.35. The molecule has 0 saturated heterocycles. The fraction of sp³-hybridized carbons (Fsp3) is 0.120. The van der Waals surface area contributed by atoms with Crippen LogP contribution >= 0.6 is 11.6 Å². The smallest absolute Gasteiger partial charge is 0.321 e. The molecule has 0 amide bonds. The largest absolute Gasteiger partial charge is 0.332 e.